The van der Waals surface area contributed by atoms with E-state index >= 15 is 0 Å². The standard InChI is InChI=1S/C13H20Cl2N2O2S/c1-2-20(18,19)7-3-4-12(17-16)8-10-5-6-11(14)9-13(10)15/h5-6,9,12,17H,2-4,7-8,16H2,1H3. The smallest absolute Gasteiger partial charge is 0.150 e. The molecule has 0 aliphatic carbocycles. The number of nitrogens with two attached hydrogens (primary N) is 1. The summed E-state index contributed by atoms with van der Waals surface area (Å²) in [6, 6.07) is 5.31. The van der Waals surface area contributed by atoms with E-state index < -0.39 is 9.84 Å². The molecule has 0 heterocycles. The summed E-state index contributed by atoms with van der Waals surface area (Å²) in [5.74, 6) is 5.88. The number of halogens is 2. The second-order valence-corrected chi connectivity index (χ2v) is 8.00. The van der Waals surface area contributed by atoms with E-state index in [1.54, 1.807) is 19.1 Å². The van der Waals surface area contributed by atoms with Gasteiger partial charge in [0.15, 0.2) is 0 Å². The molecule has 0 saturated carbocycles. The monoisotopic (exact) mass is 338 g/mol. The van der Waals surface area contributed by atoms with Crippen molar-refractivity contribution >= 4 is 33.0 Å². The van der Waals surface area contributed by atoms with Gasteiger partial charge in [-0.25, -0.2) is 8.42 Å². The lowest BCUT2D eigenvalue weighted by Gasteiger charge is -2.16. The first-order valence-corrected chi connectivity index (χ1v) is 9.06. The zero-order valence-corrected chi connectivity index (χ0v) is 13.7. The fraction of sp³-hybridized carbons (Fsp3) is 0.538. The number of hydrogen-bond acceptors (Lipinski definition) is 4. The molecular weight excluding hydrogens is 319 g/mol. The van der Waals surface area contributed by atoms with Crippen LogP contribution in [0.3, 0.4) is 0 Å². The second-order valence-electron chi connectivity index (χ2n) is 4.68. The van der Waals surface area contributed by atoms with E-state index in [9.17, 15) is 8.42 Å². The van der Waals surface area contributed by atoms with Gasteiger partial charge in [-0.2, -0.15) is 0 Å². The molecule has 0 aromatic heterocycles. The maximum Gasteiger partial charge on any atom is 0.150 e. The van der Waals surface area contributed by atoms with Gasteiger partial charge in [-0.3, -0.25) is 11.3 Å². The topological polar surface area (TPSA) is 72.2 Å². The van der Waals surface area contributed by atoms with Crippen molar-refractivity contribution in [1.82, 2.24) is 5.43 Å². The number of nitrogens with one attached hydrogen (secondary N) is 1. The van der Waals surface area contributed by atoms with Gasteiger partial charge in [0.05, 0.1) is 5.75 Å². The Hall–Kier alpha value is -0.330. The summed E-state index contributed by atoms with van der Waals surface area (Å²) in [6.45, 7) is 1.65. The summed E-state index contributed by atoms with van der Waals surface area (Å²) in [7, 11) is -2.92. The molecule has 1 rings (SSSR count). The van der Waals surface area contributed by atoms with Crippen LogP contribution < -0.4 is 11.3 Å². The van der Waals surface area contributed by atoms with Gasteiger partial charge < -0.3 is 0 Å². The molecule has 0 saturated heterocycles. The third-order valence-corrected chi connectivity index (χ3v) is 5.54. The zero-order chi connectivity index (χ0) is 15.2. The van der Waals surface area contributed by atoms with E-state index in [0.29, 0.717) is 29.3 Å². The van der Waals surface area contributed by atoms with E-state index in [-0.39, 0.29) is 17.5 Å². The van der Waals surface area contributed by atoms with Gasteiger partial charge in [-0.05, 0) is 37.0 Å². The maximum atomic E-state index is 11.4. The molecule has 3 N–H and O–H groups in total. The van der Waals surface area contributed by atoms with Crippen molar-refractivity contribution in [2.75, 3.05) is 11.5 Å². The highest BCUT2D eigenvalue weighted by Crippen LogP contribution is 2.22. The Morgan fingerprint density at radius 1 is 1.35 bits per heavy atom. The SMILES string of the molecule is CCS(=O)(=O)CCCC(Cc1ccc(Cl)cc1Cl)NN. The highest BCUT2D eigenvalue weighted by atomic mass is 35.5. The minimum absolute atomic E-state index is 0.0132. The lowest BCUT2D eigenvalue weighted by atomic mass is 10.0. The second kappa shape index (κ2) is 8.20. The average Bonchev–Trinajstić information content (AvgIpc) is 2.40. The summed E-state index contributed by atoms with van der Waals surface area (Å²) in [4.78, 5) is 0. The fourth-order valence-corrected chi connectivity index (χ4v) is 3.27. The van der Waals surface area contributed by atoms with Crippen molar-refractivity contribution in [1.29, 1.82) is 0 Å². The summed E-state index contributed by atoms with van der Waals surface area (Å²) < 4.78 is 22.9. The van der Waals surface area contributed by atoms with Gasteiger partial charge in [0, 0.05) is 21.8 Å². The number of sulfone groups is 1. The van der Waals surface area contributed by atoms with Crippen molar-refractivity contribution in [3.8, 4) is 0 Å². The van der Waals surface area contributed by atoms with Gasteiger partial charge in [0.25, 0.3) is 0 Å². The van der Waals surface area contributed by atoms with Crippen molar-refractivity contribution in [2.45, 2.75) is 32.2 Å². The maximum absolute atomic E-state index is 11.4. The van der Waals surface area contributed by atoms with Crippen LogP contribution >= 0.6 is 23.2 Å². The highest BCUT2D eigenvalue weighted by molar-refractivity contribution is 7.91. The Morgan fingerprint density at radius 3 is 2.60 bits per heavy atom. The van der Waals surface area contributed by atoms with Crippen molar-refractivity contribution in [2.24, 2.45) is 5.84 Å². The molecule has 114 valence electrons. The molecule has 0 aliphatic heterocycles. The molecule has 0 spiro atoms. The normalized spacial score (nSPS) is 13.4. The first-order valence-electron chi connectivity index (χ1n) is 6.48. The molecule has 0 amide bonds. The average molecular weight is 339 g/mol. The number of hydrogen-bond donors (Lipinski definition) is 2. The Kier molecular flexibility index (Phi) is 7.26. The molecule has 4 nitrogen and oxygen atoms in total. The van der Waals surface area contributed by atoms with Gasteiger partial charge in [-0.1, -0.05) is 36.2 Å². The Bertz CT molecular complexity index is 535. The molecule has 1 aromatic carbocycles. The molecule has 0 bridgehead atoms. The van der Waals surface area contributed by atoms with E-state index in [1.807, 2.05) is 6.07 Å². The van der Waals surface area contributed by atoms with Crippen LogP contribution in [0.4, 0.5) is 0 Å². The number of hydrazine groups is 1. The van der Waals surface area contributed by atoms with E-state index in [2.05, 4.69) is 5.43 Å². The van der Waals surface area contributed by atoms with Crippen LogP contribution in [0.15, 0.2) is 18.2 Å². The molecule has 20 heavy (non-hydrogen) atoms. The molecule has 0 aliphatic rings. The van der Waals surface area contributed by atoms with Crippen LogP contribution in [-0.2, 0) is 16.3 Å². The van der Waals surface area contributed by atoms with Gasteiger partial charge in [0.2, 0.25) is 0 Å². The lowest BCUT2D eigenvalue weighted by molar-refractivity contribution is 0.484. The minimum atomic E-state index is -2.92. The first-order chi connectivity index (χ1) is 9.38. The lowest BCUT2D eigenvalue weighted by Crippen LogP contribution is -2.37. The molecule has 1 aromatic rings. The first kappa shape index (κ1) is 17.7. The largest absolute Gasteiger partial charge is 0.271 e. The van der Waals surface area contributed by atoms with Crippen molar-refractivity contribution < 1.29 is 8.42 Å². The van der Waals surface area contributed by atoms with Gasteiger partial charge >= 0.3 is 0 Å². The predicted molar refractivity (Wildman–Crippen MR) is 84.8 cm³/mol. The summed E-state index contributed by atoms with van der Waals surface area (Å²) in [5.41, 5.74) is 3.65. The Balaban J connectivity index is 2.55. The van der Waals surface area contributed by atoms with Crippen LogP contribution in [-0.4, -0.2) is 26.0 Å². The molecule has 1 atom stereocenters. The molecule has 7 heteroatoms. The summed E-state index contributed by atoms with van der Waals surface area (Å²) in [6.07, 6.45) is 1.89. The zero-order valence-electron chi connectivity index (χ0n) is 11.4. The van der Waals surface area contributed by atoms with Crippen LogP contribution in [0, 0.1) is 0 Å². The van der Waals surface area contributed by atoms with Crippen LogP contribution in [0.1, 0.15) is 25.3 Å². The third-order valence-electron chi connectivity index (χ3n) is 3.16. The van der Waals surface area contributed by atoms with E-state index in [1.165, 1.54) is 0 Å². The van der Waals surface area contributed by atoms with E-state index in [0.717, 1.165) is 5.56 Å². The van der Waals surface area contributed by atoms with E-state index in [4.69, 9.17) is 29.0 Å². The summed E-state index contributed by atoms with van der Waals surface area (Å²) in [5, 5.41) is 1.18. The fourth-order valence-electron chi connectivity index (χ4n) is 1.89. The van der Waals surface area contributed by atoms with Crippen LogP contribution in [0.5, 0.6) is 0 Å². The van der Waals surface area contributed by atoms with Gasteiger partial charge in [0.1, 0.15) is 9.84 Å². The van der Waals surface area contributed by atoms with Gasteiger partial charge in [-0.15, -0.1) is 0 Å². The predicted octanol–water partition coefficient (Wildman–Crippen LogP) is 2.58. The van der Waals surface area contributed by atoms with Crippen molar-refractivity contribution in [3.05, 3.63) is 33.8 Å². The highest BCUT2D eigenvalue weighted by Gasteiger charge is 2.13. The van der Waals surface area contributed by atoms with Crippen LogP contribution in [0.25, 0.3) is 0 Å². The molecule has 0 radical (unpaired) electrons. The molecule has 0 fully saturated rings. The molecular formula is C13H20Cl2N2O2S. The van der Waals surface area contributed by atoms with Crippen molar-refractivity contribution in [3.63, 3.8) is 0 Å². The molecule has 1 unspecified atom stereocenters. The minimum Gasteiger partial charge on any atom is -0.271 e. The Labute approximate surface area is 130 Å². The summed E-state index contributed by atoms with van der Waals surface area (Å²) >= 11 is 12.0. The number of rotatable bonds is 8. The third kappa shape index (κ3) is 5.97. The number of benzene rings is 1. The Morgan fingerprint density at radius 2 is 2.05 bits per heavy atom. The van der Waals surface area contributed by atoms with Crippen LogP contribution in [0.2, 0.25) is 10.0 Å². The quantitative estimate of drug-likeness (QED) is 0.564.